The molecule has 2 atom stereocenters. The molecule has 1 aliphatic carbocycles. The Hall–Kier alpha value is -1.26. The minimum absolute atomic E-state index is 0.196. The predicted molar refractivity (Wildman–Crippen MR) is 78.9 cm³/mol. The summed E-state index contributed by atoms with van der Waals surface area (Å²) >= 11 is 6.06. The van der Waals surface area contributed by atoms with Gasteiger partial charge in [0.2, 0.25) is 0 Å². The standard InChI is InChI=1S/C16H19ClO4/c1-20-13-5-4-12(17)8-11(13)9-16(15(18)19)6-7-21-14(16)10-2-3-10/h4-5,8,10,14H,2-3,6-7,9H2,1H3,(H,18,19). The summed E-state index contributed by atoms with van der Waals surface area (Å²) in [5.41, 5.74) is -0.0254. The Labute approximate surface area is 129 Å². The van der Waals surface area contributed by atoms with Gasteiger partial charge >= 0.3 is 5.97 Å². The zero-order valence-electron chi connectivity index (χ0n) is 12.0. The van der Waals surface area contributed by atoms with Crippen LogP contribution in [0.1, 0.15) is 24.8 Å². The van der Waals surface area contributed by atoms with E-state index in [1.54, 1.807) is 25.3 Å². The summed E-state index contributed by atoms with van der Waals surface area (Å²) in [6, 6.07) is 5.34. The van der Waals surface area contributed by atoms with Gasteiger partial charge in [0, 0.05) is 11.6 Å². The van der Waals surface area contributed by atoms with Crippen molar-refractivity contribution in [2.24, 2.45) is 11.3 Å². The molecule has 2 aliphatic rings. The van der Waals surface area contributed by atoms with Gasteiger partial charge in [-0.2, -0.15) is 0 Å². The molecular formula is C16H19ClO4. The molecule has 114 valence electrons. The predicted octanol–water partition coefficient (Wildman–Crippen LogP) is 3.16. The molecule has 2 fully saturated rings. The van der Waals surface area contributed by atoms with Crippen LogP contribution in [-0.4, -0.2) is 30.9 Å². The summed E-state index contributed by atoms with van der Waals surface area (Å²) < 4.78 is 11.1. The zero-order chi connectivity index (χ0) is 15.0. The molecule has 3 rings (SSSR count). The van der Waals surface area contributed by atoms with Crippen molar-refractivity contribution in [1.82, 2.24) is 0 Å². The van der Waals surface area contributed by atoms with Crippen molar-refractivity contribution in [3.8, 4) is 5.75 Å². The quantitative estimate of drug-likeness (QED) is 0.907. The van der Waals surface area contributed by atoms with Crippen LogP contribution < -0.4 is 4.74 Å². The lowest BCUT2D eigenvalue weighted by Gasteiger charge is -2.30. The van der Waals surface area contributed by atoms with Crippen LogP contribution in [-0.2, 0) is 16.0 Å². The third-order valence-corrected chi connectivity index (χ3v) is 4.85. The lowest BCUT2D eigenvalue weighted by Crippen LogP contribution is -2.42. The molecule has 1 heterocycles. The number of halogens is 1. The first-order chi connectivity index (χ1) is 10.1. The van der Waals surface area contributed by atoms with Crippen molar-refractivity contribution in [2.75, 3.05) is 13.7 Å². The zero-order valence-corrected chi connectivity index (χ0v) is 12.7. The second-order valence-electron chi connectivity index (χ2n) is 5.97. The fourth-order valence-corrected chi connectivity index (χ4v) is 3.57. The SMILES string of the molecule is COc1ccc(Cl)cc1CC1(C(=O)O)CCOC1C1CC1. The Morgan fingerprint density at radius 2 is 2.29 bits per heavy atom. The number of ether oxygens (including phenoxy) is 2. The number of carbonyl (C=O) groups is 1. The lowest BCUT2D eigenvalue weighted by molar-refractivity contribution is -0.153. The summed E-state index contributed by atoms with van der Waals surface area (Å²) in [6.07, 6.45) is 2.87. The lowest BCUT2D eigenvalue weighted by atomic mass is 9.74. The van der Waals surface area contributed by atoms with Crippen molar-refractivity contribution in [3.63, 3.8) is 0 Å². The highest BCUT2D eigenvalue weighted by molar-refractivity contribution is 6.30. The van der Waals surface area contributed by atoms with Gasteiger partial charge in [-0.3, -0.25) is 4.79 Å². The topological polar surface area (TPSA) is 55.8 Å². The van der Waals surface area contributed by atoms with Crippen LogP contribution in [0.2, 0.25) is 5.02 Å². The molecule has 1 aromatic carbocycles. The number of methoxy groups -OCH3 is 1. The fraction of sp³-hybridized carbons (Fsp3) is 0.562. The molecule has 1 saturated carbocycles. The van der Waals surface area contributed by atoms with Gasteiger partial charge in [0.25, 0.3) is 0 Å². The van der Waals surface area contributed by atoms with Crippen LogP contribution in [0.5, 0.6) is 5.75 Å². The second kappa shape index (κ2) is 5.50. The van der Waals surface area contributed by atoms with Crippen LogP contribution in [0.4, 0.5) is 0 Å². The fourth-order valence-electron chi connectivity index (χ4n) is 3.37. The second-order valence-corrected chi connectivity index (χ2v) is 6.41. The summed E-state index contributed by atoms with van der Waals surface area (Å²) in [4.78, 5) is 12.0. The molecule has 0 amide bonds. The summed E-state index contributed by atoms with van der Waals surface area (Å²) in [5, 5.41) is 10.4. The molecular weight excluding hydrogens is 292 g/mol. The number of aliphatic carboxylic acids is 1. The Bertz CT molecular complexity index is 555. The van der Waals surface area contributed by atoms with Crippen LogP contribution in [0.3, 0.4) is 0 Å². The van der Waals surface area contributed by atoms with Crippen molar-refractivity contribution in [2.45, 2.75) is 31.8 Å². The van der Waals surface area contributed by atoms with Gasteiger partial charge in [-0.25, -0.2) is 0 Å². The highest BCUT2D eigenvalue weighted by atomic mass is 35.5. The maximum absolute atomic E-state index is 12.0. The smallest absolute Gasteiger partial charge is 0.312 e. The number of hydrogen-bond donors (Lipinski definition) is 1. The van der Waals surface area contributed by atoms with Gasteiger partial charge < -0.3 is 14.6 Å². The van der Waals surface area contributed by atoms with Crippen molar-refractivity contribution in [1.29, 1.82) is 0 Å². The van der Waals surface area contributed by atoms with Gasteiger partial charge in [0.15, 0.2) is 0 Å². The number of hydrogen-bond acceptors (Lipinski definition) is 3. The molecule has 1 saturated heterocycles. The minimum Gasteiger partial charge on any atom is -0.496 e. The molecule has 5 heteroatoms. The molecule has 0 bridgehead atoms. The van der Waals surface area contributed by atoms with E-state index in [9.17, 15) is 9.90 Å². The summed E-state index contributed by atoms with van der Waals surface area (Å²) in [5.74, 6) is 0.286. The third-order valence-electron chi connectivity index (χ3n) is 4.61. The average molecular weight is 311 g/mol. The van der Waals surface area contributed by atoms with Gasteiger partial charge in [0.1, 0.15) is 11.2 Å². The summed E-state index contributed by atoms with van der Waals surface area (Å²) in [7, 11) is 1.59. The maximum atomic E-state index is 12.0. The van der Waals surface area contributed by atoms with E-state index in [1.165, 1.54) is 0 Å². The van der Waals surface area contributed by atoms with E-state index in [0.717, 1.165) is 18.4 Å². The van der Waals surface area contributed by atoms with Crippen LogP contribution in [0.15, 0.2) is 18.2 Å². The van der Waals surface area contributed by atoms with E-state index in [0.29, 0.717) is 36.1 Å². The molecule has 21 heavy (non-hydrogen) atoms. The molecule has 0 spiro atoms. The number of carboxylic acid groups (broad SMARTS) is 1. The van der Waals surface area contributed by atoms with E-state index < -0.39 is 11.4 Å². The number of benzene rings is 1. The maximum Gasteiger partial charge on any atom is 0.312 e. The third kappa shape index (κ3) is 2.62. The number of carboxylic acids is 1. The molecule has 4 nitrogen and oxygen atoms in total. The first-order valence-electron chi connectivity index (χ1n) is 7.24. The molecule has 1 aliphatic heterocycles. The largest absolute Gasteiger partial charge is 0.496 e. The van der Waals surface area contributed by atoms with E-state index >= 15 is 0 Å². The van der Waals surface area contributed by atoms with E-state index in [1.807, 2.05) is 0 Å². The van der Waals surface area contributed by atoms with Gasteiger partial charge in [-0.15, -0.1) is 0 Å². The summed E-state index contributed by atoms with van der Waals surface area (Å²) in [6.45, 7) is 0.510. The van der Waals surface area contributed by atoms with Gasteiger partial charge in [0.05, 0.1) is 13.2 Å². The number of rotatable bonds is 5. The Morgan fingerprint density at radius 1 is 1.52 bits per heavy atom. The van der Waals surface area contributed by atoms with Gasteiger partial charge in [-0.05, 0) is 55.4 Å². The molecule has 0 radical (unpaired) electrons. The van der Waals surface area contributed by atoms with Crippen LogP contribution >= 0.6 is 11.6 Å². The van der Waals surface area contributed by atoms with Crippen molar-refractivity contribution >= 4 is 17.6 Å². The first-order valence-corrected chi connectivity index (χ1v) is 7.62. The van der Waals surface area contributed by atoms with Crippen LogP contribution in [0.25, 0.3) is 0 Å². The van der Waals surface area contributed by atoms with E-state index in [4.69, 9.17) is 21.1 Å². The Kier molecular flexibility index (Phi) is 3.84. The van der Waals surface area contributed by atoms with E-state index in [-0.39, 0.29) is 6.10 Å². The van der Waals surface area contributed by atoms with Crippen molar-refractivity contribution in [3.05, 3.63) is 28.8 Å². The highest BCUT2D eigenvalue weighted by Gasteiger charge is 2.56. The van der Waals surface area contributed by atoms with Crippen molar-refractivity contribution < 1.29 is 19.4 Å². The Morgan fingerprint density at radius 3 is 2.90 bits per heavy atom. The average Bonchev–Trinajstić information content (AvgIpc) is 3.20. The van der Waals surface area contributed by atoms with Crippen LogP contribution in [0, 0.1) is 11.3 Å². The molecule has 2 unspecified atom stereocenters. The molecule has 1 N–H and O–H groups in total. The Balaban J connectivity index is 1.96. The first kappa shape index (κ1) is 14.7. The molecule has 0 aromatic heterocycles. The minimum atomic E-state index is -0.862. The normalized spacial score (nSPS) is 28.6. The monoisotopic (exact) mass is 310 g/mol. The van der Waals surface area contributed by atoms with Gasteiger partial charge in [-0.1, -0.05) is 11.6 Å². The van der Waals surface area contributed by atoms with E-state index in [2.05, 4.69) is 0 Å². The highest BCUT2D eigenvalue weighted by Crippen LogP contribution is 2.50. The molecule has 1 aromatic rings.